The third-order valence-corrected chi connectivity index (χ3v) is 4.87. The summed E-state index contributed by atoms with van der Waals surface area (Å²) in [7, 11) is 1.59. The Balaban J connectivity index is 1.86. The lowest BCUT2D eigenvalue weighted by Gasteiger charge is -2.25. The standard InChI is InChI=1S/C22H19FN2O2/c1-27-15-11-9-14(10-12-15)13-25-21-18(7-4-8-19(21)23)16-5-2-3-6-17(16)20(24)22(25)26/h2-12,20H,13,24H2,1H3. The summed E-state index contributed by atoms with van der Waals surface area (Å²) in [6, 6.07) is 18.7. The van der Waals surface area contributed by atoms with Gasteiger partial charge in [0.25, 0.3) is 0 Å². The van der Waals surface area contributed by atoms with Gasteiger partial charge in [-0.25, -0.2) is 4.39 Å². The van der Waals surface area contributed by atoms with Crippen LogP contribution in [0.1, 0.15) is 17.2 Å². The number of amides is 1. The molecule has 1 aliphatic rings. The molecule has 1 heterocycles. The fourth-order valence-electron chi connectivity index (χ4n) is 3.50. The Bertz CT molecular complexity index is 1000. The lowest BCUT2D eigenvalue weighted by molar-refractivity contribution is -0.120. The molecular weight excluding hydrogens is 343 g/mol. The predicted octanol–water partition coefficient (Wildman–Crippen LogP) is 4.05. The van der Waals surface area contributed by atoms with E-state index < -0.39 is 11.9 Å². The average Bonchev–Trinajstić information content (AvgIpc) is 2.79. The molecule has 0 radical (unpaired) electrons. The topological polar surface area (TPSA) is 55.6 Å². The second kappa shape index (κ2) is 6.85. The molecule has 1 unspecified atom stereocenters. The van der Waals surface area contributed by atoms with Gasteiger partial charge in [-0.1, -0.05) is 48.5 Å². The first-order chi connectivity index (χ1) is 13.1. The fraction of sp³-hybridized carbons (Fsp3) is 0.136. The molecule has 136 valence electrons. The molecule has 0 saturated carbocycles. The van der Waals surface area contributed by atoms with Crippen molar-refractivity contribution in [2.75, 3.05) is 12.0 Å². The SMILES string of the molecule is COc1ccc(CN2C(=O)C(N)c3ccccc3-c3cccc(F)c32)cc1. The largest absolute Gasteiger partial charge is 0.497 e. The maximum atomic E-state index is 14.9. The molecule has 2 N–H and O–H groups in total. The molecule has 0 saturated heterocycles. The summed E-state index contributed by atoms with van der Waals surface area (Å²) in [5, 5.41) is 0. The van der Waals surface area contributed by atoms with Crippen molar-refractivity contribution in [3.8, 4) is 16.9 Å². The smallest absolute Gasteiger partial charge is 0.248 e. The van der Waals surface area contributed by atoms with Gasteiger partial charge in [0, 0.05) is 5.56 Å². The number of anilines is 1. The van der Waals surface area contributed by atoms with Crippen LogP contribution in [-0.4, -0.2) is 13.0 Å². The normalized spacial score (nSPS) is 15.7. The number of para-hydroxylation sites is 1. The number of benzene rings is 3. The van der Waals surface area contributed by atoms with E-state index in [0.29, 0.717) is 11.1 Å². The number of carbonyl (C=O) groups excluding carboxylic acids is 1. The second-order valence-electron chi connectivity index (χ2n) is 6.47. The third-order valence-electron chi connectivity index (χ3n) is 4.87. The molecule has 4 rings (SSSR count). The van der Waals surface area contributed by atoms with Crippen molar-refractivity contribution in [2.45, 2.75) is 12.6 Å². The number of ether oxygens (including phenoxy) is 1. The van der Waals surface area contributed by atoms with Crippen molar-refractivity contribution < 1.29 is 13.9 Å². The lowest BCUT2D eigenvalue weighted by atomic mass is 9.96. The highest BCUT2D eigenvalue weighted by Gasteiger charge is 2.33. The number of methoxy groups -OCH3 is 1. The molecule has 1 aliphatic heterocycles. The van der Waals surface area contributed by atoms with Crippen LogP contribution in [-0.2, 0) is 11.3 Å². The van der Waals surface area contributed by atoms with Crippen molar-refractivity contribution in [1.29, 1.82) is 0 Å². The monoisotopic (exact) mass is 362 g/mol. The molecule has 0 fully saturated rings. The molecule has 0 bridgehead atoms. The van der Waals surface area contributed by atoms with Crippen LogP contribution in [0.15, 0.2) is 66.7 Å². The Morgan fingerprint density at radius 2 is 1.70 bits per heavy atom. The summed E-state index contributed by atoms with van der Waals surface area (Å²) >= 11 is 0. The zero-order valence-corrected chi connectivity index (χ0v) is 14.9. The van der Waals surface area contributed by atoms with Crippen LogP contribution in [0.3, 0.4) is 0 Å². The fourth-order valence-corrected chi connectivity index (χ4v) is 3.50. The highest BCUT2D eigenvalue weighted by Crippen LogP contribution is 2.41. The third kappa shape index (κ3) is 2.96. The van der Waals surface area contributed by atoms with Gasteiger partial charge in [0.2, 0.25) is 5.91 Å². The molecule has 0 spiro atoms. The predicted molar refractivity (Wildman–Crippen MR) is 103 cm³/mol. The highest BCUT2D eigenvalue weighted by molar-refractivity contribution is 6.05. The van der Waals surface area contributed by atoms with Crippen LogP contribution in [0.25, 0.3) is 11.1 Å². The van der Waals surface area contributed by atoms with Crippen LogP contribution in [0.5, 0.6) is 5.75 Å². The van der Waals surface area contributed by atoms with Gasteiger partial charge in [-0.15, -0.1) is 0 Å². The van der Waals surface area contributed by atoms with Crippen molar-refractivity contribution in [2.24, 2.45) is 5.73 Å². The minimum absolute atomic E-state index is 0.221. The van der Waals surface area contributed by atoms with Gasteiger partial charge < -0.3 is 15.4 Å². The van der Waals surface area contributed by atoms with Gasteiger partial charge in [-0.2, -0.15) is 0 Å². The molecule has 27 heavy (non-hydrogen) atoms. The van der Waals surface area contributed by atoms with Gasteiger partial charge in [-0.3, -0.25) is 4.79 Å². The summed E-state index contributed by atoms with van der Waals surface area (Å²) in [6.07, 6.45) is 0. The Morgan fingerprint density at radius 3 is 2.44 bits per heavy atom. The molecule has 5 heteroatoms. The Hall–Kier alpha value is -3.18. The van der Waals surface area contributed by atoms with E-state index in [-0.39, 0.29) is 18.1 Å². The molecule has 4 nitrogen and oxygen atoms in total. The molecule has 0 aliphatic carbocycles. The van der Waals surface area contributed by atoms with Gasteiger partial charge in [0.05, 0.1) is 19.3 Å². The summed E-state index contributed by atoms with van der Waals surface area (Å²) in [5.74, 6) is -0.0583. The minimum Gasteiger partial charge on any atom is -0.497 e. The number of rotatable bonds is 3. The number of nitrogens with two attached hydrogens (primary N) is 1. The van der Waals surface area contributed by atoms with Gasteiger partial charge in [0.1, 0.15) is 17.6 Å². The van der Waals surface area contributed by atoms with E-state index in [0.717, 1.165) is 16.9 Å². The van der Waals surface area contributed by atoms with Gasteiger partial charge in [0.15, 0.2) is 0 Å². The zero-order chi connectivity index (χ0) is 19.0. The Kier molecular flexibility index (Phi) is 4.38. The molecular formula is C22H19FN2O2. The van der Waals surface area contributed by atoms with E-state index >= 15 is 0 Å². The molecule has 3 aromatic carbocycles. The molecule has 3 aromatic rings. The van der Waals surface area contributed by atoms with Crippen molar-refractivity contribution in [3.05, 3.63) is 83.7 Å². The average molecular weight is 362 g/mol. The van der Waals surface area contributed by atoms with Crippen LogP contribution >= 0.6 is 0 Å². The Morgan fingerprint density at radius 1 is 1.00 bits per heavy atom. The number of nitrogens with zero attached hydrogens (tertiary/aromatic N) is 1. The van der Waals surface area contributed by atoms with E-state index in [1.807, 2.05) is 54.6 Å². The quantitative estimate of drug-likeness (QED) is 0.765. The first-order valence-electron chi connectivity index (χ1n) is 8.68. The van der Waals surface area contributed by atoms with Crippen LogP contribution < -0.4 is 15.4 Å². The second-order valence-corrected chi connectivity index (χ2v) is 6.47. The van der Waals surface area contributed by atoms with E-state index in [1.54, 1.807) is 13.2 Å². The van der Waals surface area contributed by atoms with E-state index in [9.17, 15) is 9.18 Å². The number of fused-ring (bicyclic) bond motifs is 3. The zero-order valence-electron chi connectivity index (χ0n) is 14.9. The Labute approximate surface area is 157 Å². The van der Waals surface area contributed by atoms with Crippen LogP contribution in [0.4, 0.5) is 10.1 Å². The number of hydrogen-bond acceptors (Lipinski definition) is 3. The highest BCUT2D eigenvalue weighted by atomic mass is 19.1. The van der Waals surface area contributed by atoms with Crippen LogP contribution in [0.2, 0.25) is 0 Å². The van der Waals surface area contributed by atoms with Crippen LogP contribution in [0, 0.1) is 5.82 Å². The van der Waals surface area contributed by atoms with Gasteiger partial charge >= 0.3 is 0 Å². The summed E-state index contributed by atoms with van der Waals surface area (Å²) in [5.41, 5.74) is 9.55. The number of carbonyl (C=O) groups is 1. The van der Waals surface area contributed by atoms with E-state index in [1.165, 1.54) is 11.0 Å². The summed E-state index contributed by atoms with van der Waals surface area (Å²) in [4.78, 5) is 14.6. The van der Waals surface area contributed by atoms with Crippen molar-refractivity contribution in [1.82, 2.24) is 0 Å². The molecule has 0 aromatic heterocycles. The molecule has 1 atom stereocenters. The first kappa shape index (κ1) is 17.2. The summed E-state index contributed by atoms with van der Waals surface area (Å²) < 4.78 is 20.0. The van der Waals surface area contributed by atoms with E-state index in [2.05, 4.69) is 0 Å². The lowest BCUT2D eigenvalue weighted by Crippen LogP contribution is -2.37. The van der Waals surface area contributed by atoms with Crippen molar-refractivity contribution >= 4 is 11.6 Å². The maximum absolute atomic E-state index is 14.9. The maximum Gasteiger partial charge on any atom is 0.248 e. The first-order valence-corrected chi connectivity index (χ1v) is 8.68. The number of hydrogen-bond donors (Lipinski definition) is 1. The number of halogens is 1. The van der Waals surface area contributed by atoms with E-state index in [4.69, 9.17) is 10.5 Å². The van der Waals surface area contributed by atoms with Crippen molar-refractivity contribution in [3.63, 3.8) is 0 Å². The summed E-state index contributed by atoms with van der Waals surface area (Å²) in [6.45, 7) is 0.221. The molecule has 1 amide bonds. The van der Waals surface area contributed by atoms with Gasteiger partial charge in [-0.05, 0) is 34.9 Å². The minimum atomic E-state index is -0.855.